The van der Waals surface area contributed by atoms with Gasteiger partial charge in [0.2, 0.25) is 0 Å². The van der Waals surface area contributed by atoms with E-state index in [4.69, 9.17) is 0 Å². The monoisotopic (exact) mass is 340 g/mol. The van der Waals surface area contributed by atoms with E-state index in [0.717, 1.165) is 18.7 Å². The molecule has 108 valence electrons. The molecule has 20 heavy (non-hydrogen) atoms. The first kappa shape index (κ1) is 13.8. The lowest BCUT2D eigenvalue weighted by Gasteiger charge is -2.36. The molecule has 3 rings (SSSR count). The summed E-state index contributed by atoms with van der Waals surface area (Å²) < 4.78 is 0.681. The Balaban J connectivity index is 1.80. The van der Waals surface area contributed by atoms with E-state index < -0.39 is 4.92 Å². The highest BCUT2D eigenvalue weighted by atomic mass is 79.9. The molecule has 0 amide bonds. The number of nitrogens with one attached hydrogen (secondary N) is 1. The number of fused-ring (bicyclic) bond motifs is 2. The van der Waals surface area contributed by atoms with Gasteiger partial charge in [-0.3, -0.25) is 10.1 Å². The molecule has 2 aliphatic rings. The normalized spacial score (nSPS) is 28.4. The molecule has 0 spiro atoms. The lowest BCUT2D eigenvalue weighted by atomic mass is 9.98. The summed E-state index contributed by atoms with van der Waals surface area (Å²) in [7, 11) is 2.02. The average molecular weight is 341 g/mol. The molecule has 2 bridgehead atoms. The van der Waals surface area contributed by atoms with E-state index in [1.54, 1.807) is 0 Å². The van der Waals surface area contributed by atoms with Crippen LogP contribution in [0.1, 0.15) is 25.7 Å². The maximum atomic E-state index is 10.8. The molecule has 3 heterocycles. The smallest absolute Gasteiger partial charge is 0.288 e. The zero-order valence-electron chi connectivity index (χ0n) is 11.3. The molecule has 1 aromatic heterocycles. The summed E-state index contributed by atoms with van der Waals surface area (Å²) in [6.07, 6.45) is 6.05. The molecule has 0 saturated carbocycles. The first-order valence-corrected chi connectivity index (χ1v) is 7.62. The van der Waals surface area contributed by atoms with Crippen LogP contribution in [-0.2, 0) is 0 Å². The topological polar surface area (TPSA) is 71.3 Å². The molecular weight excluding hydrogens is 324 g/mol. The zero-order valence-corrected chi connectivity index (χ0v) is 12.8. The Bertz CT molecular complexity index is 527. The standard InChI is InChI=1S/C13H17BrN4O2/c1-17(10-4-8-2-3-9(5-10)16-8)13-12(14)6-11(7-15-13)18(19)20/h6-10,16H,2-5H2,1H3. The Morgan fingerprint density at radius 2 is 2.10 bits per heavy atom. The molecule has 0 radical (unpaired) electrons. The molecule has 2 saturated heterocycles. The molecule has 0 aliphatic carbocycles. The second-order valence-electron chi connectivity index (χ2n) is 5.63. The fraction of sp³-hybridized carbons (Fsp3) is 0.615. The Hall–Kier alpha value is -1.21. The summed E-state index contributed by atoms with van der Waals surface area (Å²) in [6, 6.07) is 3.18. The van der Waals surface area contributed by atoms with Crippen molar-refractivity contribution in [1.82, 2.24) is 10.3 Å². The molecule has 1 N–H and O–H groups in total. The molecule has 2 atom stereocenters. The van der Waals surface area contributed by atoms with E-state index in [0.29, 0.717) is 22.6 Å². The van der Waals surface area contributed by atoms with E-state index in [1.807, 2.05) is 7.05 Å². The first-order valence-electron chi connectivity index (χ1n) is 6.83. The Morgan fingerprint density at radius 3 is 2.65 bits per heavy atom. The van der Waals surface area contributed by atoms with Gasteiger partial charge in [0.25, 0.3) is 5.69 Å². The van der Waals surface area contributed by atoms with Crippen LogP contribution in [0.4, 0.5) is 11.5 Å². The summed E-state index contributed by atoms with van der Waals surface area (Å²) in [6.45, 7) is 0. The Labute approximate surface area is 125 Å². The van der Waals surface area contributed by atoms with Gasteiger partial charge in [-0.25, -0.2) is 4.98 Å². The van der Waals surface area contributed by atoms with Crippen molar-refractivity contribution >= 4 is 27.4 Å². The molecule has 7 heteroatoms. The van der Waals surface area contributed by atoms with Crippen molar-refractivity contribution in [3.63, 3.8) is 0 Å². The van der Waals surface area contributed by atoms with E-state index in [-0.39, 0.29) is 5.69 Å². The van der Waals surface area contributed by atoms with Gasteiger partial charge in [0.15, 0.2) is 0 Å². The van der Waals surface area contributed by atoms with Crippen molar-refractivity contribution in [2.45, 2.75) is 43.8 Å². The van der Waals surface area contributed by atoms with Crippen LogP contribution in [0.2, 0.25) is 0 Å². The van der Waals surface area contributed by atoms with Crippen LogP contribution >= 0.6 is 15.9 Å². The number of halogens is 1. The number of anilines is 1. The zero-order chi connectivity index (χ0) is 14.3. The summed E-state index contributed by atoms with van der Waals surface area (Å²) in [5, 5.41) is 14.4. The Morgan fingerprint density at radius 1 is 1.45 bits per heavy atom. The maximum Gasteiger partial charge on any atom is 0.288 e. The van der Waals surface area contributed by atoms with Crippen molar-refractivity contribution < 1.29 is 4.92 Å². The van der Waals surface area contributed by atoms with Gasteiger partial charge in [-0.15, -0.1) is 0 Å². The number of hydrogen-bond acceptors (Lipinski definition) is 5. The molecule has 0 aromatic carbocycles. The SMILES string of the molecule is CN(c1ncc([N+](=O)[O-])cc1Br)C1CC2CCC(C1)N2. The highest BCUT2D eigenvalue weighted by Gasteiger charge is 2.35. The van der Waals surface area contributed by atoms with Crippen LogP contribution in [0.3, 0.4) is 0 Å². The second kappa shape index (κ2) is 5.29. The van der Waals surface area contributed by atoms with Crippen molar-refractivity contribution in [3.05, 3.63) is 26.9 Å². The highest BCUT2D eigenvalue weighted by Crippen LogP contribution is 2.34. The number of piperidine rings is 1. The average Bonchev–Trinajstić information content (AvgIpc) is 2.76. The van der Waals surface area contributed by atoms with Gasteiger partial charge < -0.3 is 10.2 Å². The lowest BCUT2D eigenvalue weighted by Crippen LogP contribution is -2.47. The minimum Gasteiger partial charge on any atom is -0.356 e. The number of hydrogen-bond donors (Lipinski definition) is 1. The third-order valence-electron chi connectivity index (χ3n) is 4.35. The van der Waals surface area contributed by atoms with Gasteiger partial charge in [-0.05, 0) is 41.6 Å². The quantitative estimate of drug-likeness (QED) is 0.676. The molecular formula is C13H17BrN4O2. The van der Waals surface area contributed by atoms with E-state index >= 15 is 0 Å². The predicted octanol–water partition coefficient (Wildman–Crippen LogP) is 2.47. The second-order valence-corrected chi connectivity index (χ2v) is 6.48. The number of aromatic nitrogens is 1. The summed E-state index contributed by atoms with van der Waals surface area (Å²) in [5.41, 5.74) is 0.0133. The van der Waals surface area contributed by atoms with Crippen LogP contribution in [0.15, 0.2) is 16.7 Å². The number of nitro groups is 1. The minimum absolute atomic E-state index is 0.0133. The van der Waals surface area contributed by atoms with Gasteiger partial charge >= 0.3 is 0 Å². The third kappa shape index (κ3) is 2.52. The van der Waals surface area contributed by atoms with Crippen LogP contribution in [-0.4, -0.2) is 35.1 Å². The highest BCUT2D eigenvalue weighted by molar-refractivity contribution is 9.10. The molecule has 2 aliphatic heterocycles. The fourth-order valence-electron chi connectivity index (χ4n) is 3.30. The van der Waals surface area contributed by atoms with Gasteiger partial charge in [-0.2, -0.15) is 0 Å². The van der Waals surface area contributed by atoms with Gasteiger partial charge in [-0.1, -0.05) is 0 Å². The number of nitrogens with zero attached hydrogens (tertiary/aromatic N) is 3. The predicted molar refractivity (Wildman–Crippen MR) is 80.0 cm³/mol. The van der Waals surface area contributed by atoms with Crippen molar-refractivity contribution in [1.29, 1.82) is 0 Å². The minimum atomic E-state index is -0.424. The first-order chi connectivity index (χ1) is 9.54. The fourth-order valence-corrected chi connectivity index (χ4v) is 3.91. The lowest BCUT2D eigenvalue weighted by molar-refractivity contribution is -0.385. The molecule has 1 aromatic rings. The van der Waals surface area contributed by atoms with Crippen molar-refractivity contribution in [3.8, 4) is 0 Å². The van der Waals surface area contributed by atoms with Crippen LogP contribution in [0.5, 0.6) is 0 Å². The van der Waals surface area contributed by atoms with Crippen LogP contribution in [0, 0.1) is 10.1 Å². The number of pyridine rings is 1. The van der Waals surface area contributed by atoms with Gasteiger partial charge in [0.05, 0.1) is 9.40 Å². The van der Waals surface area contributed by atoms with Crippen LogP contribution < -0.4 is 10.2 Å². The Kier molecular flexibility index (Phi) is 3.64. The van der Waals surface area contributed by atoms with E-state index in [9.17, 15) is 10.1 Å². The van der Waals surface area contributed by atoms with Crippen molar-refractivity contribution in [2.75, 3.05) is 11.9 Å². The molecule has 2 unspecified atom stereocenters. The van der Waals surface area contributed by atoms with E-state index in [1.165, 1.54) is 25.1 Å². The van der Waals surface area contributed by atoms with Gasteiger partial charge in [0.1, 0.15) is 12.0 Å². The maximum absolute atomic E-state index is 10.8. The molecule has 2 fully saturated rings. The summed E-state index contributed by atoms with van der Waals surface area (Å²) in [5.74, 6) is 0.780. The van der Waals surface area contributed by atoms with Crippen molar-refractivity contribution in [2.24, 2.45) is 0 Å². The number of rotatable bonds is 3. The van der Waals surface area contributed by atoms with Gasteiger partial charge in [0, 0.05) is 31.2 Å². The largest absolute Gasteiger partial charge is 0.356 e. The van der Waals surface area contributed by atoms with E-state index in [2.05, 4.69) is 31.1 Å². The third-order valence-corrected chi connectivity index (χ3v) is 4.93. The summed E-state index contributed by atoms with van der Waals surface area (Å²) in [4.78, 5) is 16.7. The summed E-state index contributed by atoms with van der Waals surface area (Å²) >= 11 is 3.40. The van der Waals surface area contributed by atoms with Crippen LogP contribution in [0.25, 0.3) is 0 Å². The molecule has 6 nitrogen and oxygen atoms in total.